The van der Waals surface area contributed by atoms with Gasteiger partial charge in [0.25, 0.3) is 5.56 Å². The summed E-state index contributed by atoms with van der Waals surface area (Å²) >= 11 is 0. The molecule has 18 heteroatoms. The van der Waals surface area contributed by atoms with E-state index in [0.29, 0.717) is 0 Å². The number of aromatic nitrogens is 2. The molecule has 2 unspecified atom stereocenters. The van der Waals surface area contributed by atoms with Crippen LogP contribution in [0.4, 0.5) is 0 Å². The average Bonchev–Trinajstić information content (AvgIpc) is 2.83. The van der Waals surface area contributed by atoms with E-state index >= 15 is 0 Å². The first-order chi connectivity index (χ1) is 12.3. The summed E-state index contributed by atoms with van der Waals surface area (Å²) in [7, 11) is -16.4. The third-order valence-electron chi connectivity index (χ3n) is 3.07. The monoisotopic (exact) mass is 452 g/mol. The average molecular weight is 452 g/mol. The van der Waals surface area contributed by atoms with E-state index in [-0.39, 0.29) is 12.1 Å². The second kappa shape index (κ2) is 8.29. The Labute approximate surface area is 150 Å². The highest BCUT2D eigenvalue weighted by Gasteiger charge is 2.42. The lowest BCUT2D eigenvalue weighted by Gasteiger charge is -2.19. The molecule has 0 saturated carbocycles. The first-order valence-corrected chi connectivity index (χ1v) is 11.5. The molecule has 1 aliphatic heterocycles. The molecule has 5 atom stereocenters. The molecule has 0 radical (unpaired) electrons. The van der Waals surface area contributed by atoms with Crippen LogP contribution in [0.15, 0.2) is 16.9 Å². The Balaban J connectivity index is 1.94. The predicted octanol–water partition coefficient (Wildman–Crippen LogP) is -0.696. The molecule has 1 saturated heterocycles. The Morgan fingerprint density at radius 2 is 1.81 bits per heavy atom. The van der Waals surface area contributed by atoms with Crippen molar-refractivity contribution >= 4 is 23.5 Å². The van der Waals surface area contributed by atoms with E-state index in [0.717, 1.165) is 0 Å². The van der Waals surface area contributed by atoms with Crippen molar-refractivity contribution in [3.63, 3.8) is 0 Å². The molecule has 0 bridgehead atoms. The van der Waals surface area contributed by atoms with Gasteiger partial charge in [-0.05, 0) is 6.07 Å². The van der Waals surface area contributed by atoms with Crippen LogP contribution < -0.4 is 5.56 Å². The SMILES string of the molecule is O=c1ccc([C@H]2C[C@H](O)[C@@H](COP(=O)(O)OP(=O)(O)OP(=O)(O)O)O2)n[nH]1. The Hall–Kier alpha value is -0.790. The molecule has 0 amide bonds. The molecule has 1 aromatic rings. The number of nitrogens with one attached hydrogen (secondary N) is 1. The zero-order chi connectivity index (χ0) is 20.5. The quantitative estimate of drug-likeness (QED) is 0.268. The minimum atomic E-state index is -5.63. The van der Waals surface area contributed by atoms with Gasteiger partial charge in [-0.1, -0.05) is 0 Å². The van der Waals surface area contributed by atoms with E-state index in [2.05, 4.69) is 23.3 Å². The van der Waals surface area contributed by atoms with Gasteiger partial charge in [0.15, 0.2) is 0 Å². The molecule has 0 spiro atoms. The Morgan fingerprint density at radius 1 is 1.15 bits per heavy atom. The van der Waals surface area contributed by atoms with Gasteiger partial charge in [-0.25, -0.2) is 18.8 Å². The van der Waals surface area contributed by atoms with Crippen LogP contribution in [0.3, 0.4) is 0 Å². The summed E-state index contributed by atoms with van der Waals surface area (Å²) in [5.41, 5.74) is -0.184. The van der Waals surface area contributed by atoms with Crippen LogP contribution >= 0.6 is 23.5 Å². The maximum absolute atomic E-state index is 11.6. The summed E-state index contributed by atoms with van der Waals surface area (Å²) in [6, 6.07) is 2.53. The van der Waals surface area contributed by atoms with Crippen LogP contribution in [0.1, 0.15) is 18.2 Å². The highest BCUT2D eigenvalue weighted by molar-refractivity contribution is 7.66. The van der Waals surface area contributed by atoms with Gasteiger partial charge in [0, 0.05) is 12.5 Å². The molecule has 1 aromatic heterocycles. The number of nitrogens with zero attached hydrogens (tertiary/aromatic N) is 1. The van der Waals surface area contributed by atoms with Crippen molar-refractivity contribution in [2.24, 2.45) is 0 Å². The number of H-pyrrole nitrogens is 1. The molecule has 2 heterocycles. The van der Waals surface area contributed by atoms with Gasteiger partial charge in [-0.2, -0.15) is 13.7 Å². The van der Waals surface area contributed by atoms with Gasteiger partial charge in [0.05, 0.1) is 18.4 Å². The number of phosphoric acid groups is 3. The van der Waals surface area contributed by atoms with Crippen LogP contribution in [0, 0.1) is 0 Å². The van der Waals surface area contributed by atoms with Gasteiger partial charge in [0.2, 0.25) is 0 Å². The lowest BCUT2D eigenvalue weighted by Crippen LogP contribution is -2.26. The Bertz CT molecular complexity index is 846. The summed E-state index contributed by atoms with van der Waals surface area (Å²) in [6.07, 6.45) is -3.13. The van der Waals surface area contributed by atoms with Gasteiger partial charge < -0.3 is 29.4 Å². The minimum Gasteiger partial charge on any atom is -0.390 e. The third kappa shape index (κ3) is 7.27. The van der Waals surface area contributed by atoms with Crippen LogP contribution in [-0.2, 0) is 31.6 Å². The Morgan fingerprint density at radius 3 is 2.37 bits per heavy atom. The molecule has 1 aliphatic rings. The standard InChI is InChI=1S/C9H15N2O13P3/c12-6-3-7(5-1-2-9(13)11-10-5)22-8(6)4-21-26(17,18)24-27(19,20)23-25(14,15)16/h1-2,6-8,12H,3-4H2,(H,11,13)(H,17,18)(H,19,20)(H2,14,15,16)/t6-,7+,8+/m0/s1. The third-order valence-corrected chi connectivity index (χ3v) is 6.87. The van der Waals surface area contributed by atoms with E-state index in [9.17, 15) is 28.5 Å². The van der Waals surface area contributed by atoms with Crippen LogP contribution in [0.5, 0.6) is 0 Å². The molecule has 0 aromatic carbocycles. The summed E-state index contributed by atoms with van der Waals surface area (Å²) < 4.78 is 50.2. The molecule has 1 fully saturated rings. The molecular weight excluding hydrogens is 437 g/mol. The smallest absolute Gasteiger partial charge is 0.390 e. The number of hydrogen-bond donors (Lipinski definition) is 6. The van der Waals surface area contributed by atoms with Crippen molar-refractivity contribution in [3.05, 3.63) is 28.2 Å². The van der Waals surface area contributed by atoms with Crippen LogP contribution in [0.25, 0.3) is 0 Å². The van der Waals surface area contributed by atoms with Crippen molar-refractivity contribution in [1.29, 1.82) is 0 Å². The second-order valence-electron chi connectivity index (χ2n) is 5.20. The number of aromatic amines is 1. The van der Waals surface area contributed by atoms with Crippen molar-refractivity contribution in [2.45, 2.75) is 24.7 Å². The van der Waals surface area contributed by atoms with Gasteiger partial charge in [-0.3, -0.25) is 9.32 Å². The molecule has 27 heavy (non-hydrogen) atoms. The molecule has 6 N–H and O–H groups in total. The molecule has 15 nitrogen and oxygen atoms in total. The molecule has 154 valence electrons. The number of ether oxygens (including phenoxy) is 1. The highest BCUT2D eigenvalue weighted by atomic mass is 31.3. The fourth-order valence-electron chi connectivity index (χ4n) is 2.07. The zero-order valence-electron chi connectivity index (χ0n) is 13.1. The fourth-order valence-corrected chi connectivity index (χ4v) is 5.10. The van der Waals surface area contributed by atoms with Gasteiger partial charge in [-0.15, -0.1) is 0 Å². The number of hydrogen-bond acceptors (Lipinski definition) is 10. The molecule has 2 rings (SSSR count). The zero-order valence-corrected chi connectivity index (χ0v) is 15.8. The van der Waals surface area contributed by atoms with Crippen molar-refractivity contribution in [3.8, 4) is 0 Å². The van der Waals surface area contributed by atoms with E-state index in [1.165, 1.54) is 12.1 Å². The lowest BCUT2D eigenvalue weighted by atomic mass is 10.1. The molecular formula is C9H15N2O13P3. The van der Waals surface area contributed by atoms with E-state index in [1.54, 1.807) is 0 Å². The van der Waals surface area contributed by atoms with E-state index in [1.807, 2.05) is 0 Å². The first kappa shape index (κ1) is 22.5. The fraction of sp³-hybridized carbons (Fsp3) is 0.556. The molecule has 0 aliphatic carbocycles. The second-order valence-corrected chi connectivity index (χ2v) is 9.62. The largest absolute Gasteiger partial charge is 0.490 e. The predicted molar refractivity (Wildman–Crippen MR) is 82.9 cm³/mol. The van der Waals surface area contributed by atoms with Crippen LogP contribution in [0.2, 0.25) is 0 Å². The lowest BCUT2D eigenvalue weighted by molar-refractivity contribution is -0.0232. The summed E-state index contributed by atoms with van der Waals surface area (Å²) in [6.45, 7) is -0.787. The van der Waals surface area contributed by atoms with E-state index < -0.39 is 53.9 Å². The normalized spacial score (nSPS) is 27.8. The first-order valence-electron chi connectivity index (χ1n) is 6.94. The van der Waals surface area contributed by atoms with Gasteiger partial charge >= 0.3 is 23.5 Å². The highest BCUT2D eigenvalue weighted by Crippen LogP contribution is 2.66. The number of phosphoric ester groups is 1. The summed E-state index contributed by atoms with van der Waals surface area (Å²) in [5.74, 6) is 0. The van der Waals surface area contributed by atoms with Crippen molar-refractivity contribution in [1.82, 2.24) is 10.2 Å². The summed E-state index contributed by atoms with van der Waals surface area (Å²) in [5, 5.41) is 15.8. The number of rotatable bonds is 8. The number of aliphatic hydroxyl groups excluding tert-OH is 1. The van der Waals surface area contributed by atoms with E-state index in [4.69, 9.17) is 19.4 Å². The Kier molecular flexibility index (Phi) is 6.91. The maximum Gasteiger partial charge on any atom is 0.490 e. The van der Waals surface area contributed by atoms with Crippen molar-refractivity contribution < 1.29 is 56.3 Å². The van der Waals surface area contributed by atoms with Crippen molar-refractivity contribution in [2.75, 3.05) is 6.61 Å². The maximum atomic E-state index is 11.6. The van der Waals surface area contributed by atoms with Gasteiger partial charge in [0.1, 0.15) is 12.2 Å². The topological polar surface area (TPSA) is 235 Å². The van der Waals surface area contributed by atoms with Crippen LogP contribution in [-0.4, -0.2) is 53.7 Å². The number of aliphatic hydroxyl groups is 1. The summed E-state index contributed by atoms with van der Waals surface area (Å²) in [4.78, 5) is 46.2. The minimum absolute atomic E-state index is 0.00344.